The van der Waals surface area contributed by atoms with Gasteiger partial charge in [0.05, 0.1) is 0 Å². The minimum Gasteiger partial charge on any atom is -0.314 e. The molecule has 14 heavy (non-hydrogen) atoms. The van der Waals surface area contributed by atoms with Crippen molar-refractivity contribution < 1.29 is 0 Å². The molecule has 1 aliphatic rings. The molecule has 0 radical (unpaired) electrons. The summed E-state index contributed by atoms with van der Waals surface area (Å²) < 4.78 is 0. The van der Waals surface area contributed by atoms with Crippen molar-refractivity contribution in [3.63, 3.8) is 0 Å². The third-order valence-corrected chi connectivity index (χ3v) is 3.41. The lowest BCUT2D eigenvalue weighted by molar-refractivity contribution is 0.547. The summed E-state index contributed by atoms with van der Waals surface area (Å²) in [4.78, 5) is 0. The van der Waals surface area contributed by atoms with Gasteiger partial charge in [-0.3, -0.25) is 0 Å². The Bertz CT molecular complexity index is 337. The Morgan fingerprint density at radius 3 is 2.50 bits per heavy atom. The lowest BCUT2D eigenvalue weighted by Crippen LogP contribution is -2.29. The summed E-state index contributed by atoms with van der Waals surface area (Å²) in [7, 11) is 2.08. The predicted molar refractivity (Wildman–Crippen MR) is 60.6 cm³/mol. The first-order valence-electron chi connectivity index (χ1n) is 5.40. The van der Waals surface area contributed by atoms with Crippen LogP contribution in [0, 0.1) is 13.8 Å². The van der Waals surface area contributed by atoms with Crippen molar-refractivity contribution in [2.45, 2.75) is 38.6 Å². The van der Waals surface area contributed by atoms with Crippen molar-refractivity contribution in [2.75, 3.05) is 7.05 Å². The third kappa shape index (κ3) is 1.83. The highest BCUT2D eigenvalue weighted by molar-refractivity contribution is 5.32. The molecule has 1 fully saturated rings. The van der Waals surface area contributed by atoms with E-state index in [0.717, 1.165) is 0 Å². The average molecular weight is 189 g/mol. The van der Waals surface area contributed by atoms with E-state index in [1.54, 1.807) is 0 Å². The maximum atomic E-state index is 3.44. The second kappa shape index (κ2) is 3.39. The monoisotopic (exact) mass is 189 g/mol. The lowest BCUT2D eigenvalue weighted by Gasteiger charge is -2.15. The molecule has 1 heteroatoms. The second-order valence-corrected chi connectivity index (χ2v) is 4.64. The molecule has 1 N–H and O–H groups in total. The van der Waals surface area contributed by atoms with Crippen molar-refractivity contribution in [3.8, 4) is 0 Å². The van der Waals surface area contributed by atoms with Crippen LogP contribution in [0.5, 0.6) is 0 Å². The van der Waals surface area contributed by atoms with E-state index in [1.165, 1.54) is 36.0 Å². The molecule has 0 aliphatic heterocycles. The van der Waals surface area contributed by atoms with Gasteiger partial charge in [-0.25, -0.2) is 0 Å². The molecule has 76 valence electrons. The fraction of sp³-hybridized carbons (Fsp3) is 0.538. The molecule has 1 saturated carbocycles. The van der Waals surface area contributed by atoms with Gasteiger partial charge in [0.25, 0.3) is 0 Å². The number of hydrogen-bond acceptors (Lipinski definition) is 1. The molecule has 1 aromatic carbocycles. The normalized spacial score (nSPS) is 18.2. The van der Waals surface area contributed by atoms with Crippen LogP contribution in [0.25, 0.3) is 0 Å². The largest absolute Gasteiger partial charge is 0.314 e. The number of likely N-dealkylation sites (N-methyl/N-ethyl adjacent to an activating group) is 1. The van der Waals surface area contributed by atoms with E-state index >= 15 is 0 Å². The van der Waals surface area contributed by atoms with Gasteiger partial charge >= 0.3 is 0 Å². The first-order valence-corrected chi connectivity index (χ1v) is 5.40. The molecule has 1 nitrogen and oxygen atoms in total. The Morgan fingerprint density at radius 1 is 1.29 bits per heavy atom. The van der Waals surface area contributed by atoms with Crippen LogP contribution in [0.15, 0.2) is 18.2 Å². The summed E-state index contributed by atoms with van der Waals surface area (Å²) in [6.07, 6.45) is 3.85. The van der Waals surface area contributed by atoms with Gasteiger partial charge in [0.15, 0.2) is 0 Å². The highest BCUT2D eigenvalue weighted by Gasteiger charge is 2.40. The van der Waals surface area contributed by atoms with Crippen molar-refractivity contribution in [2.24, 2.45) is 0 Å². The van der Waals surface area contributed by atoms with Gasteiger partial charge in [-0.15, -0.1) is 0 Å². The molecule has 0 saturated heterocycles. The topological polar surface area (TPSA) is 12.0 Å². The predicted octanol–water partition coefficient (Wildman–Crippen LogP) is 2.60. The fourth-order valence-corrected chi connectivity index (χ4v) is 2.07. The standard InChI is InChI=1S/C13H19N/c1-10-4-5-12(11(2)8-10)9-13(14-3)6-7-13/h4-5,8,14H,6-7,9H2,1-3H3. The molecular weight excluding hydrogens is 170 g/mol. The smallest absolute Gasteiger partial charge is 0.0220 e. The molecule has 1 aromatic rings. The summed E-state index contributed by atoms with van der Waals surface area (Å²) in [6, 6.07) is 6.78. The summed E-state index contributed by atoms with van der Waals surface area (Å²) >= 11 is 0. The van der Waals surface area contributed by atoms with Crippen molar-refractivity contribution in [1.29, 1.82) is 0 Å². The van der Waals surface area contributed by atoms with Gasteiger partial charge in [0.1, 0.15) is 0 Å². The second-order valence-electron chi connectivity index (χ2n) is 4.64. The summed E-state index contributed by atoms with van der Waals surface area (Å²) in [5.41, 5.74) is 4.73. The summed E-state index contributed by atoms with van der Waals surface area (Å²) in [5, 5.41) is 3.44. The van der Waals surface area contributed by atoms with E-state index in [0.29, 0.717) is 5.54 Å². The minimum atomic E-state index is 0.431. The zero-order chi connectivity index (χ0) is 10.2. The number of benzene rings is 1. The van der Waals surface area contributed by atoms with E-state index < -0.39 is 0 Å². The van der Waals surface area contributed by atoms with Crippen LogP contribution < -0.4 is 5.32 Å². The molecule has 0 bridgehead atoms. The minimum absolute atomic E-state index is 0.431. The Hall–Kier alpha value is -0.820. The maximum Gasteiger partial charge on any atom is 0.0220 e. The van der Waals surface area contributed by atoms with Crippen LogP contribution in [-0.2, 0) is 6.42 Å². The SMILES string of the molecule is CNC1(Cc2ccc(C)cc2C)CC1. The number of hydrogen-bond donors (Lipinski definition) is 1. The van der Waals surface area contributed by atoms with Crippen LogP contribution in [0.2, 0.25) is 0 Å². The average Bonchev–Trinajstić information content (AvgIpc) is 2.91. The van der Waals surface area contributed by atoms with Gasteiger partial charge in [0.2, 0.25) is 0 Å². The van der Waals surface area contributed by atoms with Crippen molar-refractivity contribution >= 4 is 0 Å². The van der Waals surface area contributed by atoms with Gasteiger partial charge in [-0.05, 0) is 51.3 Å². The molecule has 0 aromatic heterocycles. The van der Waals surface area contributed by atoms with Crippen molar-refractivity contribution in [1.82, 2.24) is 5.32 Å². The molecule has 1 aliphatic carbocycles. The number of aryl methyl sites for hydroxylation is 2. The van der Waals surface area contributed by atoms with Crippen LogP contribution in [0.1, 0.15) is 29.5 Å². The zero-order valence-electron chi connectivity index (χ0n) is 9.35. The van der Waals surface area contributed by atoms with Gasteiger partial charge in [-0.2, -0.15) is 0 Å². The van der Waals surface area contributed by atoms with Crippen LogP contribution in [-0.4, -0.2) is 12.6 Å². The number of nitrogens with one attached hydrogen (secondary N) is 1. The lowest BCUT2D eigenvalue weighted by atomic mass is 9.98. The zero-order valence-corrected chi connectivity index (χ0v) is 9.35. The quantitative estimate of drug-likeness (QED) is 0.770. The van der Waals surface area contributed by atoms with Crippen LogP contribution in [0.4, 0.5) is 0 Å². The van der Waals surface area contributed by atoms with Crippen LogP contribution in [0.3, 0.4) is 0 Å². The summed E-state index contributed by atoms with van der Waals surface area (Å²) in [5.74, 6) is 0. The van der Waals surface area contributed by atoms with E-state index in [9.17, 15) is 0 Å². The Kier molecular flexibility index (Phi) is 2.36. The first-order chi connectivity index (χ1) is 6.65. The molecule has 0 atom stereocenters. The van der Waals surface area contributed by atoms with E-state index in [1.807, 2.05) is 0 Å². The van der Waals surface area contributed by atoms with E-state index in [4.69, 9.17) is 0 Å². The Balaban J connectivity index is 2.17. The van der Waals surface area contributed by atoms with Gasteiger partial charge < -0.3 is 5.32 Å². The van der Waals surface area contributed by atoms with Crippen LogP contribution >= 0.6 is 0 Å². The molecule has 0 unspecified atom stereocenters. The Labute approximate surface area is 86.5 Å². The molecular formula is C13H19N. The first kappa shape index (κ1) is 9.72. The van der Waals surface area contributed by atoms with Gasteiger partial charge in [-0.1, -0.05) is 23.8 Å². The van der Waals surface area contributed by atoms with Gasteiger partial charge in [0, 0.05) is 5.54 Å². The Morgan fingerprint density at radius 2 is 2.00 bits per heavy atom. The van der Waals surface area contributed by atoms with E-state index in [2.05, 4.69) is 44.4 Å². The molecule has 0 amide bonds. The summed E-state index contributed by atoms with van der Waals surface area (Å²) in [6.45, 7) is 4.37. The molecule has 0 heterocycles. The van der Waals surface area contributed by atoms with Crippen molar-refractivity contribution in [3.05, 3.63) is 34.9 Å². The molecule has 0 spiro atoms. The van der Waals surface area contributed by atoms with E-state index in [-0.39, 0.29) is 0 Å². The number of rotatable bonds is 3. The maximum absolute atomic E-state index is 3.44. The fourth-order valence-electron chi connectivity index (χ4n) is 2.07. The highest BCUT2D eigenvalue weighted by Crippen LogP contribution is 2.38. The third-order valence-electron chi connectivity index (χ3n) is 3.41. The highest BCUT2D eigenvalue weighted by atomic mass is 15.0. The molecule has 2 rings (SSSR count).